The maximum Gasteiger partial charge on any atom is 0.410 e. The molecular weight excluding hydrogens is 537 g/mol. The Bertz CT molecular complexity index is 1500. The van der Waals surface area contributed by atoms with E-state index in [9.17, 15) is 18.0 Å². The second-order valence-electron chi connectivity index (χ2n) is 11.0. The van der Waals surface area contributed by atoms with E-state index in [4.69, 9.17) is 4.74 Å². The van der Waals surface area contributed by atoms with Crippen molar-refractivity contribution < 1.29 is 22.7 Å². The molecule has 0 aliphatic carbocycles. The van der Waals surface area contributed by atoms with E-state index in [0.717, 1.165) is 35.2 Å². The van der Waals surface area contributed by atoms with E-state index < -0.39 is 18.3 Å². The number of carbonyl (C=O) groups is 1. The summed E-state index contributed by atoms with van der Waals surface area (Å²) in [5.41, 5.74) is 4.18. The molecule has 1 fully saturated rings. The van der Waals surface area contributed by atoms with Gasteiger partial charge < -0.3 is 15.0 Å². The third-order valence-corrected chi connectivity index (χ3v) is 6.69. The molecule has 5 rings (SSSR count). The maximum absolute atomic E-state index is 12.4. The number of ether oxygens (including phenoxy) is 1. The first-order chi connectivity index (χ1) is 19.4. The van der Waals surface area contributed by atoms with Crippen LogP contribution in [0.25, 0.3) is 28.0 Å². The van der Waals surface area contributed by atoms with Crippen molar-refractivity contribution in [2.45, 2.75) is 51.4 Å². The Morgan fingerprint density at radius 3 is 2.51 bits per heavy atom. The zero-order valence-corrected chi connectivity index (χ0v) is 23.1. The summed E-state index contributed by atoms with van der Waals surface area (Å²) in [5, 5.41) is 14.5. The van der Waals surface area contributed by atoms with Crippen LogP contribution >= 0.6 is 0 Å². The largest absolute Gasteiger partial charge is 0.444 e. The van der Waals surface area contributed by atoms with Crippen molar-refractivity contribution in [2.75, 3.05) is 31.6 Å². The third-order valence-electron chi connectivity index (χ3n) is 6.69. The summed E-state index contributed by atoms with van der Waals surface area (Å²) in [4.78, 5) is 18.6. The number of alkyl halides is 3. The highest BCUT2D eigenvalue weighted by Crippen LogP contribution is 2.28. The molecule has 0 radical (unpaired) electrons. The van der Waals surface area contributed by atoms with E-state index in [2.05, 4.69) is 25.8 Å². The van der Waals surface area contributed by atoms with Crippen molar-refractivity contribution in [1.29, 1.82) is 0 Å². The summed E-state index contributed by atoms with van der Waals surface area (Å²) in [7, 11) is 0. The van der Waals surface area contributed by atoms with Gasteiger partial charge in [0.1, 0.15) is 5.60 Å². The first kappa shape index (κ1) is 28.4. The van der Waals surface area contributed by atoms with Crippen LogP contribution in [0.5, 0.6) is 0 Å². The smallest absolute Gasteiger partial charge is 0.410 e. The molecule has 218 valence electrons. The van der Waals surface area contributed by atoms with Gasteiger partial charge in [-0.05, 0) is 51.8 Å². The SMILES string of the molecule is CC(C)(C)OC(=O)N1CCC(n2cc(-c3cnn4c(-c5cccc(NCNCC(F)(F)F)c5)cnc4c3)cn2)CC1. The van der Waals surface area contributed by atoms with Gasteiger partial charge >= 0.3 is 12.3 Å². The number of halogens is 3. The molecule has 0 bridgehead atoms. The first-order valence-electron chi connectivity index (χ1n) is 13.4. The topological polar surface area (TPSA) is 102 Å². The number of anilines is 1. The molecule has 4 heterocycles. The lowest BCUT2D eigenvalue weighted by molar-refractivity contribution is -0.124. The summed E-state index contributed by atoms with van der Waals surface area (Å²) in [5.74, 6) is 0. The highest BCUT2D eigenvalue weighted by atomic mass is 19.4. The Morgan fingerprint density at radius 1 is 1.02 bits per heavy atom. The number of piperidine rings is 1. The Labute approximate surface area is 235 Å². The van der Waals surface area contributed by atoms with Gasteiger partial charge in [-0.2, -0.15) is 23.4 Å². The monoisotopic (exact) mass is 570 g/mol. The van der Waals surface area contributed by atoms with Gasteiger partial charge in [0.2, 0.25) is 0 Å². The maximum atomic E-state index is 12.4. The molecule has 0 unspecified atom stereocenters. The van der Waals surface area contributed by atoms with Gasteiger partial charge in [-0.1, -0.05) is 12.1 Å². The fourth-order valence-corrected chi connectivity index (χ4v) is 4.71. The van der Waals surface area contributed by atoms with Crippen molar-refractivity contribution >= 4 is 17.4 Å². The number of fused-ring (bicyclic) bond motifs is 1. The average Bonchev–Trinajstić information content (AvgIpc) is 3.57. The van der Waals surface area contributed by atoms with E-state index in [-0.39, 0.29) is 18.8 Å². The van der Waals surface area contributed by atoms with E-state index in [1.807, 2.05) is 55.9 Å². The van der Waals surface area contributed by atoms with Crippen LogP contribution in [-0.2, 0) is 4.74 Å². The van der Waals surface area contributed by atoms with Crippen LogP contribution < -0.4 is 10.6 Å². The van der Waals surface area contributed by atoms with Crippen LogP contribution in [0.3, 0.4) is 0 Å². The molecule has 4 aromatic rings. The van der Waals surface area contributed by atoms with Crippen LogP contribution in [0.4, 0.5) is 23.7 Å². The minimum atomic E-state index is -4.26. The zero-order chi connectivity index (χ0) is 29.2. The lowest BCUT2D eigenvalue weighted by Gasteiger charge is -2.33. The number of imidazole rings is 1. The standard InChI is InChI=1S/C28H33F3N8O2/c1-27(2,3)41-26(40)37-9-7-23(8-10-37)38-16-21(14-35-38)20-12-25-33-15-24(39(25)36-13-20)19-5-4-6-22(11-19)34-18-32-17-28(29,30)31/h4-6,11-16,23,32,34H,7-10,17-18H2,1-3H3. The van der Waals surface area contributed by atoms with Gasteiger partial charge in [-0.3, -0.25) is 10.00 Å². The Hall–Kier alpha value is -4.13. The number of hydrogen-bond donors (Lipinski definition) is 2. The molecule has 1 aromatic carbocycles. The quantitative estimate of drug-likeness (QED) is 0.228. The molecule has 1 aliphatic rings. The van der Waals surface area contributed by atoms with Crippen molar-refractivity contribution in [3.05, 3.63) is 55.1 Å². The Kier molecular flexibility index (Phi) is 7.89. The van der Waals surface area contributed by atoms with Crippen LogP contribution in [0.1, 0.15) is 39.7 Å². The van der Waals surface area contributed by atoms with Gasteiger partial charge in [-0.15, -0.1) is 0 Å². The van der Waals surface area contributed by atoms with E-state index in [1.54, 1.807) is 34.1 Å². The molecule has 2 N–H and O–H groups in total. The van der Waals surface area contributed by atoms with Crippen molar-refractivity contribution in [3.63, 3.8) is 0 Å². The molecule has 1 aliphatic heterocycles. The average molecular weight is 571 g/mol. The summed E-state index contributed by atoms with van der Waals surface area (Å²) in [6.07, 6.45) is 4.30. The van der Waals surface area contributed by atoms with Crippen LogP contribution in [0.2, 0.25) is 0 Å². The molecule has 13 heteroatoms. The molecule has 1 amide bonds. The molecule has 0 atom stereocenters. The van der Waals surface area contributed by atoms with Crippen LogP contribution in [0.15, 0.2) is 55.1 Å². The summed E-state index contributed by atoms with van der Waals surface area (Å²) in [6, 6.07) is 9.46. The number of aromatic nitrogens is 5. The summed E-state index contributed by atoms with van der Waals surface area (Å²) < 4.78 is 46.2. The molecule has 0 spiro atoms. The van der Waals surface area contributed by atoms with Gasteiger partial charge in [0.05, 0.1) is 43.5 Å². The number of nitrogens with zero attached hydrogens (tertiary/aromatic N) is 6. The van der Waals surface area contributed by atoms with Crippen molar-refractivity contribution in [1.82, 2.24) is 34.6 Å². The van der Waals surface area contributed by atoms with E-state index >= 15 is 0 Å². The molecule has 1 saturated heterocycles. The number of nitrogens with one attached hydrogen (secondary N) is 2. The minimum Gasteiger partial charge on any atom is -0.444 e. The van der Waals surface area contributed by atoms with Crippen molar-refractivity contribution in [2.24, 2.45) is 0 Å². The summed E-state index contributed by atoms with van der Waals surface area (Å²) in [6.45, 7) is 5.73. The van der Waals surface area contributed by atoms with Gasteiger partial charge in [0.15, 0.2) is 5.65 Å². The third kappa shape index (κ3) is 7.15. The number of carbonyl (C=O) groups excluding carboxylic acids is 1. The predicted octanol–water partition coefficient (Wildman–Crippen LogP) is 5.35. The molecular formula is C28H33F3N8O2. The number of rotatable bonds is 7. The zero-order valence-electron chi connectivity index (χ0n) is 23.1. The van der Waals surface area contributed by atoms with Crippen LogP contribution in [-0.4, -0.2) is 73.5 Å². The number of likely N-dealkylation sites (tertiary alicyclic amines) is 1. The predicted molar refractivity (Wildman–Crippen MR) is 148 cm³/mol. The Balaban J connectivity index is 1.23. The highest BCUT2D eigenvalue weighted by molar-refractivity contribution is 5.71. The lowest BCUT2D eigenvalue weighted by atomic mass is 10.1. The van der Waals surface area contributed by atoms with Gasteiger partial charge in [0, 0.05) is 41.7 Å². The fourth-order valence-electron chi connectivity index (χ4n) is 4.71. The van der Waals surface area contributed by atoms with E-state index in [0.29, 0.717) is 24.4 Å². The first-order valence-corrected chi connectivity index (χ1v) is 13.4. The second-order valence-corrected chi connectivity index (χ2v) is 11.0. The number of hydrogen-bond acceptors (Lipinski definition) is 7. The molecule has 0 saturated carbocycles. The second kappa shape index (κ2) is 11.4. The van der Waals surface area contributed by atoms with E-state index in [1.165, 1.54) is 0 Å². The molecule has 10 nitrogen and oxygen atoms in total. The lowest BCUT2D eigenvalue weighted by Crippen LogP contribution is -2.42. The molecule has 3 aromatic heterocycles. The molecule has 41 heavy (non-hydrogen) atoms. The summed E-state index contributed by atoms with van der Waals surface area (Å²) >= 11 is 0. The normalized spacial score (nSPS) is 14.9. The number of benzene rings is 1. The Morgan fingerprint density at radius 2 is 1.78 bits per heavy atom. The highest BCUT2D eigenvalue weighted by Gasteiger charge is 2.28. The minimum absolute atomic E-state index is 0.0196. The fraction of sp³-hybridized carbons (Fsp3) is 0.429. The van der Waals surface area contributed by atoms with Gasteiger partial charge in [-0.25, -0.2) is 14.3 Å². The number of amides is 1. The van der Waals surface area contributed by atoms with Gasteiger partial charge in [0.25, 0.3) is 0 Å². The van der Waals surface area contributed by atoms with Crippen LogP contribution in [0, 0.1) is 0 Å². The van der Waals surface area contributed by atoms with Crippen molar-refractivity contribution in [3.8, 4) is 22.4 Å².